The van der Waals surface area contributed by atoms with Crippen molar-refractivity contribution in [2.45, 2.75) is 32.7 Å². The monoisotopic (exact) mass is 337 g/mol. The molecule has 2 heterocycles. The van der Waals surface area contributed by atoms with Crippen LogP contribution >= 0.6 is 0 Å². The average Bonchev–Trinajstić information content (AvgIpc) is 3.19. The van der Waals surface area contributed by atoms with Crippen molar-refractivity contribution in [3.63, 3.8) is 0 Å². The normalized spacial score (nSPS) is 13.8. The second-order valence-corrected chi connectivity index (χ2v) is 6.37. The van der Waals surface area contributed by atoms with Crippen molar-refractivity contribution < 1.29 is 13.9 Å². The highest BCUT2D eigenvalue weighted by Crippen LogP contribution is 2.38. The second kappa shape index (κ2) is 6.20. The van der Waals surface area contributed by atoms with Crippen LogP contribution in [0.1, 0.15) is 40.6 Å². The van der Waals surface area contributed by atoms with Gasteiger partial charge in [-0.2, -0.15) is 0 Å². The van der Waals surface area contributed by atoms with Crippen LogP contribution in [0, 0.1) is 13.8 Å². The van der Waals surface area contributed by atoms with Gasteiger partial charge in [-0.15, -0.1) is 10.2 Å². The maximum atomic E-state index is 12.5. The highest BCUT2D eigenvalue weighted by molar-refractivity contribution is 5.98. The molecule has 1 aromatic carbocycles. The molecule has 1 fully saturated rings. The minimum atomic E-state index is 0.000905. The van der Waals surface area contributed by atoms with E-state index in [1.54, 1.807) is 12.1 Å². The van der Waals surface area contributed by atoms with Crippen molar-refractivity contribution in [3.05, 3.63) is 53.7 Å². The number of hydrogen-bond donors (Lipinski definition) is 0. The number of rotatable bonds is 6. The SMILES string of the molecule is Cc1cc(C(=O)COc2ccc(-c3nnco3)cc2)c(C)n1C1CC1. The molecule has 0 radical (unpaired) electrons. The van der Waals surface area contributed by atoms with Gasteiger partial charge >= 0.3 is 0 Å². The number of Topliss-reactive ketones (excluding diaryl/α,β-unsaturated/α-hetero) is 1. The van der Waals surface area contributed by atoms with Crippen molar-refractivity contribution in [2.75, 3.05) is 6.61 Å². The molecule has 0 atom stereocenters. The van der Waals surface area contributed by atoms with E-state index in [0.29, 0.717) is 17.7 Å². The summed E-state index contributed by atoms with van der Waals surface area (Å²) in [6, 6.07) is 9.77. The number of nitrogens with zero attached hydrogens (tertiary/aromatic N) is 3. The first-order chi connectivity index (χ1) is 12.1. The number of aryl methyl sites for hydroxylation is 1. The van der Waals surface area contributed by atoms with Crippen molar-refractivity contribution in [1.82, 2.24) is 14.8 Å². The molecule has 128 valence electrons. The molecule has 2 aromatic heterocycles. The first kappa shape index (κ1) is 15.6. The Morgan fingerprint density at radius 3 is 2.68 bits per heavy atom. The van der Waals surface area contributed by atoms with E-state index in [0.717, 1.165) is 22.5 Å². The minimum Gasteiger partial charge on any atom is -0.485 e. The van der Waals surface area contributed by atoms with Crippen molar-refractivity contribution in [1.29, 1.82) is 0 Å². The van der Waals surface area contributed by atoms with Gasteiger partial charge in [0.1, 0.15) is 5.75 Å². The Bertz CT molecular complexity index is 891. The number of aromatic nitrogens is 3. The van der Waals surface area contributed by atoms with Gasteiger partial charge < -0.3 is 13.7 Å². The predicted molar refractivity (Wildman–Crippen MR) is 91.7 cm³/mol. The van der Waals surface area contributed by atoms with E-state index in [-0.39, 0.29) is 12.4 Å². The minimum absolute atomic E-state index is 0.000905. The third kappa shape index (κ3) is 3.07. The highest BCUT2D eigenvalue weighted by Gasteiger charge is 2.28. The highest BCUT2D eigenvalue weighted by atomic mass is 16.5. The van der Waals surface area contributed by atoms with Gasteiger partial charge in [0.2, 0.25) is 18.1 Å². The average molecular weight is 337 g/mol. The molecule has 1 aliphatic carbocycles. The Labute approximate surface area is 145 Å². The molecule has 1 aliphatic rings. The van der Waals surface area contributed by atoms with Crippen LogP contribution in [0.4, 0.5) is 0 Å². The fourth-order valence-electron chi connectivity index (χ4n) is 3.17. The van der Waals surface area contributed by atoms with Crippen LogP contribution in [0.2, 0.25) is 0 Å². The zero-order valence-electron chi connectivity index (χ0n) is 14.2. The number of ketones is 1. The number of benzene rings is 1. The summed E-state index contributed by atoms with van der Waals surface area (Å²) in [5.74, 6) is 1.09. The van der Waals surface area contributed by atoms with Crippen LogP contribution in [0.25, 0.3) is 11.5 Å². The lowest BCUT2D eigenvalue weighted by Gasteiger charge is -2.08. The maximum Gasteiger partial charge on any atom is 0.247 e. The van der Waals surface area contributed by atoms with Crippen LogP contribution in [0.15, 0.2) is 41.1 Å². The Balaban J connectivity index is 1.43. The van der Waals surface area contributed by atoms with Crippen LogP contribution in [-0.2, 0) is 0 Å². The van der Waals surface area contributed by atoms with Crippen LogP contribution < -0.4 is 4.74 Å². The number of ether oxygens (including phenoxy) is 1. The molecule has 0 amide bonds. The lowest BCUT2D eigenvalue weighted by Crippen LogP contribution is -2.12. The van der Waals surface area contributed by atoms with E-state index in [1.807, 2.05) is 25.1 Å². The van der Waals surface area contributed by atoms with E-state index in [4.69, 9.17) is 9.15 Å². The van der Waals surface area contributed by atoms with E-state index >= 15 is 0 Å². The smallest absolute Gasteiger partial charge is 0.247 e. The van der Waals surface area contributed by atoms with Crippen LogP contribution in [0.5, 0.6) is 5.75 Å². The van der Waals surface area contributed by atoms with Crippen molar-refractivity contribution in [2.24, 2.45) is 0 Å². The van der Waals surface area contributed by atoms with Gasteiger partial charge in [-0.1, -0.05) is 0 Å². The summed E-state index contributed by atoms with van der Waals surface area (Å²) < 4.78 is 13.1. The fourth-order valence-corrected chi connectivity index (χ4v) is 3.17. The number of carbonyl (C=O) groups is 1. The molecule has 3 aromatic rings. The van der Waals surface area contributed by atoms with E-state index < -0.39 is 0 Å². The molecular formula is C19H19N3O3. The summed E-state index contributed by atoms with van der Waals surface area (Å²) in [5.41, 5.74) is 3.75. The summed E-state index contributed by atoms with van der Waals surface area (Å²) in [4.78, 5) is 12.5. The molecule has 6 heteroatoms. The molecule has 0 saturated heterocycles. The summed E-state index contributed by atoms with van der Waals surface area (Å²) in [7, 11) is 0. The first-order valence-electron chi connectivity index (χ1n) is 8.34. The van der Waals surface area contributed by atoms with E-state index in [1.165, 1.54) is 19.2 Å². The first-order valence-corrected chi connectivity index (χ1v) is 8.34. The van der Waals surface area contributed by atoms with Gasteiger partial charge in [-0.3, -0.25) is 4.79 Å². The molecule has 25 heavy (non-hydrogen) atoms. The van der Waals surface area contributed by atoms with Crippen molar-refractivity contribution in [3.8, 4) is 17.2 Å². The molecule has 0 aliphatic heterocycles. The molecule has 0 N–H and O–H groups in total. The summed E-state index contributed by atoms with van der Waals surface area (Å²) in [6.07, 6.45) is 3.69. The third-order valence-corrected chi connectivity index (χ3v) is 4.53. The second-order valence-electron chi connectivity index (χ2n) is 6.37. The Morgan fingerprint density at radius 2 is 2.04 bits per heavy atom. The quantitative estimate of drug-likeness (QED) is 0.641. The topological polar surface area (TPSA) is 70.2 Å². The Hall–Kier alpha value is -2.89. The lowest BCUT2D eigenvalue weighted by atomic mass is 10.1. The summed E-state index contributed by atoms with van der Waals surface area (Å²) >= 11 is 0. The molecule has 0 bridgehead atoms. The molecule has 0 spiro atoms. The van der Waals surface area contributed by atoms with Gasteiger partial charge in [0.05, 0.1) is 0 Å². The molecule has 4 rings (SSSR count). The largest absolute Gasteiger partial charge is 0.485 e. The Kier molecular flexibility index (Phi) is 3.87. The van der Waals surface area contributed by atoms with E-state index in [9.17, 15) is 4.79 Å². The van der Waals surface area contributed by atoms with Crippen LogP contribution in [-0.4, -0.2) is 27.2 Å². The predicted octanol–water partition coefficient (Wildman–Crippen LogP) is 3.75. The van der Waals surface area contributed by atoms with Gasteiger partial charge in [0.15, 0.2) is 6.61 Å². The van der Waals surface area contributed by atoms with Crippen LogP contribution in [0.3, 0.4) is 0 Å². The summed E-state index contributed by atoms with van der Waals surface area (Å²) in [6.45, 7) is 4.09. The van der Waals surface area contributed by atoms with Gasteiger partial charge in [-0.25, -0.2) is 0 Å². The Morgan fingerprint density at radius 1 is 1.28 bits per heavy atom. The van der Waals surface area contributed by atoms with Gasteiger partial charge in [0.25, 0.3) is 0 Å². The van der Waals surface area contributed by atoms with E-state index in [2.05, 4.69) is 21.7 Å². The standard InChI is InChI=1S/C19H19N3O3/c1-12-9-17(13(2)22(12)15-5-6-15)18(23)10-24-16-7-3-14(4-8-16)19-21-20-11-25-19/h3-4,7-9,11,15H,5-6,10H2,1-2H3. The lowest BCUT2D eigenvalue weighted by molar-refractivity contribution is 0.0921. The maximum absolute atomic E-state index is 12.5. The summed E-state index contributed by atoms with van der Waals surface area (Å²) in [5, 5.41) is 7.51. The number of hydrogen-bond acceptors (Lipinski definition) is 5. The number of carbonyl (C=O) groups excluding carboxylic acids is 1. The fraction of sp³-hybridized carbons (Fsp3) is 0.316. The zero-order valence-corrected chi connectivity index (χ0v) is 14.2. The van der Waals surface area contributed by atoms with Gasteiger partial charge in [0, 0.05) is 28.6 Å². The van der Waals surface area contributed by atoms with Crippen molar-refractivity contribution >= 4 is 5.78 Å². The molecular weight excluding hydrogens is 318 g/mol. The third-order valence-electron chi connectivity index (χ3n) is 4.53. The molecule has 6 nitrogen and oxygen atoms in total. The molecule has 0 unspecified atom stereocenters. The zero-order chi connectivity index (χ0) is 17.4. The molecule has 1 saturated carbocycles. The van der Waals surface area contributed by atoms with Gasteiger partial charge in [-0.05, 0) is 57.0 Å².